The Morgan fingerprint density at radius 1 is 1.46 bits per heavy atom. The van der Waals surface area contributed by atoms with Crippen molar-refractivity contribution in [2.24, 2.45) is 5.73 Å². The molecule has 1 saturated heterocycles. The van der Waals surface area contributed by atoms with Crippen molar-refractivity contribution in [2.45, 2.75) is 39.2 Å². The lowest BCUT2D eigenvalue weighted by Crippen LogP contribution is -2.16. The third-order valence-corrected chi connectivity index (χ3v) is 5.11. The minimum absolute atomic E-state index is 0.222. The summed E-state index contributed by atoms with van der Waals surface area (Å²) >= 11 is 0. The van der Waals surface area contributed by atoms with Crippen LogP contribution in [-0.4, -0.2) is 46.4 Å². The topological polar surface area (TPSA) is 135 Å². The van der Waals surface area contributed by atoms with Crippen molar-refractivity contribution in [3.63, 3.8) is 0 Å². The van der Waals surface area contributed by atoms with Crippen molar-refractivity contribution >= 4 is 13.5 Å². The van der Waals surface area contributed by atoms with E-state index in [9.17, 15) is 14.5 Å². The number of primary amides is 1. The number of carbonyl (C=O) groups excluding carboxylic acids is 1. The molecule has 1 fully saturated rings. The molecule has 0 spiro atoms. The zero-order chi connectivity index (χ0) is 17.7. The average molecular weight is 363 g/mol. The van der Waals surface area contributed by atoms with E-state index in [0.717, 1.165) is 0 Å². The van der Waals surface area contributed by atoms with Crippen LogP contribution >= 0.6 is 7.60 Å². The van der Waals surface area contributed by atoms with Crippen LogP contribution in [0.1, 0.15) is 43.4 Å². The van der Waals surface area contributed by atoms with Gasteiger partial charge in [-0.1, -0.05) is 0 Å². The molecule has 3 N–H and O–H groups in total. The molecule has 24 heavy (non-hydrogen) atoms. The average Bonchev–Trinajstić information content (AvgIpc) is 3.12. The number of hydrogen-bond donors (Lipinski definition) is 2. The lowest BCUT2D eigenvalue weighted by atomic mass is 10.3. The molecule has 136 valence electrons. The van der Waals surface area contributed by atoms with Crippen LogP contribution < -0.4 is 5.73 Å². The van der Waals surface area contributed by atoms with Gasteiger partial charge in [-0.25, -0.2) is 4.98 Å². The van der Waals surface area contributed by atoms with E-state index in [2.05, 4.69) is 4.98 Å². The van der Waals surface area contributed by atoms with Gasteiger partial charge in [0.15, 0.2) is 18.3 Å². The van der Waals surface area contributed by atoms with Gasteiger partial charge in [0.1, 0.15) is 12.6 Å². The first-order valence-corrected chi connectivity index (χ1v) is 9.33. The normalized spacial score (nSPS) is 21.2. The SMILES string of the molecule is CCOP(=O)(CO[C@@H]1CC[C@H](n2cnc(C(N)=O)c2O)O1)OCC. The van der Waals surface area contributed by atoms with Crippen molar-refractivity contribution in [2.75, 3.05) is 19.6 Å². The number of nitrogens with two attached hydrogens (primary N) is 1. The molecule has 2 heterocycles. The molecular formula is C13H22N3O7P. The monoisotopic (exact) mass is 363 g/mol. The number of hydrogen-bond acceptors (Lipinski definition) is 8. The molecule has 10 nitrogen and oxygen atoms in total. The second-order valence-electron chi connectivity index (χ2n) is 5.03. The van der Waals surface area contributed by atoms with Crippen molar-refractivity contribution in [1.82, 2.24) is 9.55 Å². The molecule has 1 aromatic heterocycles. The smallest absolute Gasteiger partial charge is 0.356 e. The Morgan fingerprint density at radius 3 is 2.67 bits per heavy atom. The molecule has 1 aromatic rings. The summed E-state index contributed by atoms with van der Waals surface area (Å²) in [6, 6.07) is 0. The molecule has 1 amide bonds. The molecule has 11 heteroatoms. The Labute approximate surface area is 139 Å². The molecule has 2 rings (SSSR count). The van der Waals surface area contributed by atoms with E-state index < -0.39 is 26.0 Å². The Hall–Kier alpha value is -1.45. The molecule has 0 radical (unpaired) electrons. The van der Waals surface area contributed by atoms with Gasteiger partial charge < -0.3 is 29.4 Å². The van der Waals surface area contributed by atoms with Crippen molar-refractivity contribution < 1.29 is 33.0 Å². The number of ether oxygens (including phenoxy) is 2. The van der Waals surface area contributed by atoms with Crippen molar-refractivity contribution in [3.05, 3.63) is 12.0 Å². The van der Waals surface area contributed by atoms with Gasteiger partial charge in [-0.2, -0.15) is 0 Å². The summed E-state index contributed by atoms with van der Waals surface area (Å²) in [5.74, 6) is -1.19. The van der Waals surface area contributed by atoms with Gasteiger partial charge >= 0.3 is 7.60 Å². The summed E-state index contributed by atoms with van der Waals surface area (Å²) in [6.45, 7) is 3.92. The van der Waals surface area contributed by atoms with Gasteiger partial charge in [0.05, 0.1) is 13.2 Å². The number of carbonyl (C=O) groups is 1. The van der Waals surface area contributed by atoms with Crippen LogP contribution in [-0.2, 0) is 23.1 Å². The molecular weight excluding hydrogens is 341 g/mol. The molecule has 2 atom stereocenters. The first-order valence-electron chi connectivity index (χ1n) is 7.61. The Bertz CT molecular complexity index is 611. The fourth-order valence-corrected chi connectivity index (χ4v) is 3.70. The predicted octanol–water partition coefficient (Wildman–Crippen LogP) is 1.56. The van der Waals surface area contributed by atoms with Crippen LogP contribution in [0.4, 0.5) is 0 Å². The van der Waals surface area contributed by atoms with E-state index in [-0.39, 0.29) is 31.1 Å². The van der Waals surface area contributed by atoms with Crippen LogP contribution in [0, 0.1) is 0 Å². The minimum Gasteiger partial charge on any atom is -0.493 e. The number of amides is 1. The molecule has 0 aromatic carbocycles. The number of nitrogens with zero attached hydrogens (tertiary/aromatic N) is 2. The fraction of sp³-hybridized carbons (Fsp3) is 0.692. The number of imidazole rings is 1. The standard InChI is InChI=1S/C13H22N3O7P/c1-3-21-24(19,22-4-2)8-20-10-6-5-9(23-10)16-7-15-11(12(14)17)13(16)18/h7,9-10,18H,3-6,8H2,1-2H3,(H2,14,17)/t9-,10+/m1/s1. The zero-order valence-electron chi connectivity index (χ0n) is 13.6. The summed E-state index contributed by atoms with van der Waals surface area (Å²) in [6.07, 6.45) is 0.868. The summed E-state index contributed by atoms with van der Waals surface area (Å²) in [4.78, 5) is 14.9. The Balaban J connectivity index is 1.93. The summed E-state index contributed by atoms with van der Waals surface area (Å²) in [5.41, 5.74) is 4.89. The Morgan fingerprint density at radius 2 is 2.12 bits per heavy atom. The maximum absolute atomic E-state index is 12.3. The van der Waals surface area contributed by atoms with Gasteiger partial charge in [-0.3, -0.25) is 13.9 Å². The highest BCUT2D eigenvalue weighted by Gasteiger charge is 2.33. The highest BCUT2D eigenvalue weighted by molar-refractivity contribution is 7.53. The van der Waals surface area contributed by atoms with Crippen LogP contribution in [0.3, 0.4) is 0 Å². The van der Waals surface area contributed by atoms with Crippen LogP contribution in [0.25, 0.3) is 0 Å². The van der Waals surface area contributed by atoms with E-state index in [4.69, 9.17) is 24.3 Å². The van der Waals surface area contributed by atoms with Gasteiger partial charge in [-0.05, 0) is 20.3 Å². The molecule has 0 saturated carbocycles. The van der Waals surface area contributed by atoms with Gasteiger partial charge in [0, 0.05) is 6.42 Å². The summed E-state index contributed by atoms with van der Waals surface area (Å²) in [7, 11) is -3.31. The Kier molecular flexibility index (Phi) is 6.36. The predicted molar refractivity (Wildman–Crippen MR) is 82.4 cm³/mol. The number of rotatable bonds is 9. The molecule has 0 unspecified atom stereocenters. The molecule has 0 bridgehead atoms. The first-order chi connectivity index (χ1) is 11.4. The van der Waals surface area contributed by atoms with Gasteiger partial charge in [0.25, 0.3) is 5.91 Å². The zero-order valence-corrected chi connectivity index (χ0v) is 14.5. The van der Waals surface area contributed by atoms with Crippen LogP contribution in [0.2, 0.25) is 0 Å². The molecule has 1 aliphatic heterocycles. The van der Waals surface area contributed by atoms with Gasteiger partial charge in [0.2, 0.25) is 5.88 Å². The third-order valence-electron chi connectivity index (χ3n) is 3.34. The third kappa shape index (κ3) is 4.34. The first kappa shape index (κ1) is 18.9. The number of aromatic hydroxyl groups is 1. The molecule has 1 aliphatic rings. The minimum atomic E-state index is -3.31. The van der Waals surface area contributed by atoms with E-state index in [1.54, 1.807) is 13.8 Å². The summed E-state index contributed by atoms with van der Waals surface area (Å²) in [5, 5.41) is 9.94. The van der Waals surface area contributed by atoms with Crippen molar-refractivity contribution in [1.29, 1.82) is 0 Å². The largest absolute Gasteiger partial charge is 0.493 e. The maximum Gasteiger partial charge on any atom is 0.356 e. The maximum atomic E-state index is 12.3. The fourth-order valence-electron chi connectivity index (χ4n) is 2.34. The summed E-state index contributed by atoms with van der Waals surface area (Å²) < 4.78 is 35.0. The van der Waals surface area contributed by atoms with E-state index in [1.807, 2.05) is 0 Å². The highest BCUT2D eigenvalue weighted by Crippen LogP contribution is 2.48. The van der Waals surface area contributed by atoms with E-state index in [0.29, 0.717) is 12.8 Å². The van der Waals surface area contributed by atoms with Crippen molar-refractivity contribution in [3.8, 4) is 5.88 Å². The lowest BCUT2D eigenvalue weighted by molar-refractivity contribution is -0.142. The lowest BCUT2D eigenvalue weighted by Gasteiger charge is -2.20. The van der Waals surface area contributed by atoms with Gasteiger partial charge in [-0.15, -0.1) is 0 Å². The second kappa shape index (κ2) is 8.09. The molecule has 0 aliphatic carbocycles. The quantitative estimate of drug-likeness (QED) is 0.631. The number of aromatic nitrogens is 2. The van der Waals surface area contributed by atoms with Crippen LogP contribution in [0.15, 0.2) is 6.33 Å². The van der Waals surface area contributed by atoms with Crippen LogP contribution in [0.5, 0.6) is 5.88 Å². The highest BCUT2D eigenvalue weighted by atomic mass is 31.2. The second-order valence-corrected chi connectivity index (χ2v) is 7.02. The van der Waals surface area contributed by atoms with E-state index >= 15 is 0 Å². The van der Waals surface area contributed by atoms with E-state index in [1.165, 1.54) is 10.9 Å².